The molecule has 80 valence electrons. The summed E-state index contributed by atoms with van der Waals surface area (Å²) in [6.45, 7) is 0.593. The third kappa shape index (κ3) is 1.86. The molecule has 1 atom stereocenters. The summed E-state index contributed by atoms with van der Waals surface area (Å²) in [5, 5.41) is 1.54. The summed E-state index contributed by atoms with van der Waals surface area (Å²) >= 11 is 0. The fourth-order valence-corrected chi connectivity index (χ4v) is 1.90. The molecule has 0 aromatic heterocycles. The van der Waals surface area contributed by atoms with E-state index in [-0.39, 0.29) is 12.0 Å². The molecule has 0 saturated heterocycles. The highest BCUT2D eigenvalue weighted by atomic mass is 16.5. The molecular formula is C11H14N2O2. The third-order valence-electron chi connectivity index (χ3n) is 2.76. The maximum Gasteiger partial charge on any atom is 0.324 e. The molecule has 1 aliphatic heterocycles. The summed E-state index contributed by atoms with van der Waals surface area (Å²) in [6, 6.07) is 7.65. The highest BCUT2D eigenvalue weighted by molar-refractivity contribution is 5.76. The molecule has 4 nitrogen and oxygen atoms in total. The first-order valence-corrected chi connectivity index (χ1v) is 4.88. The fraction of sp³-hybridized carbons (Fsp3) is 0.364. The smallest absolute Gasteiger partial charge is 0.324 e. The molecule has 0 fully saturated rings. The zero-order valence-corrected chi connectivity index (χ0v) is 8.64. The lowest BCUT2D eigenvalue weighted by molar-refractivity contribution is -0.147. The minimum absolute atomic E-state index is 0.271. The maximum absolute atomic E-state index is 11.4. The number of methoxy groups -OCH3 is 1. The van der Waals surface area contributed by atoms with Crippen LogP contribution in [0.3, 0.4) is 0 Å². The van der Waals surface area contributed by atoms with Gasteiger partial charge in [0.05, 0.1) is 7.11 Å². The number of hydrazine groups is 1. The van der Waals surface area contributed by atoms with Crippen LogP contribution in [0.1, 0.15) is 11.1 Å². The first-order chi connectivity index (χ1) is 7.22. The van der Waals surface area contributed by atoms with Crippen molar-refractivity contribution in [3.63, 3.8) is 0 Å². The lowest BCUT2D eigenvalue weighted by Gasteiger charge is -2.31. The Morgan fingerprint density at radius 3 is 2.80 bits per heavy atom. The molecule has 1 unspecified atom stereocenters. The molecule has 2 rings (SSSR count). The van der Waals surface area contributed by atoms with E-state index in [9.17, 15) is 4.79 Å². The van der Waals surface area contributed by atoms with E-state index in [1.807, 2.05) is 24.3 Å². The third-order valence-corrected chi connectivity index (χ3v) is 2.76. The number of carbonyl (C=O) groups is 1. The molecule has 0 saturated carbocycles. The van der Waals surface area contributed by atoms with Gasteiger partial charge in [-0.1, -0.05) is 24.3 Å². The van der Waals surface area contributed by atoms with Crippen molar-refractivity contribution in [2.24, 2.45) is 5.84 Å². The Balaban J connectivity index is 2.25. The molecule has 4 heteroatoms. The second-order valence-corrected chi connectivity index (χ2v) is 3.68. The number of ether oxygens (including phenoxy) is 1. The Bertz CT molecular complexity index is 379. The van der Waals surface area contributed by atoms with Crippen LogP contribution in [0, 0.1) is 0 Å². The molecule has 0 amide bonds. The van der Waals surface area contributed by atoms with Crippen LogP contribution in [0.15, 0.2) is 24.3 Å². The van der Waals surface area contributed by atoms with E-state index in [1.165, 1.54) is 23.2 Å². The minimum atomic E-state index is -0.357. The van der Waals surface area contributed by atoms with Gasteiger partial charge in [0.15, 0.2) is 0 Å². The van der Waals surface area contributed by atoms with Gasteiger partial charge in [0.25, 0.3) is 0 Å². The van der Waals surface area contributed by atoms with Gasteiger partial charge in [0.1, 0.15) is 6.04 Å². The summed E-state index contributed by atoms with van der Waals surface area (Å²) in [5.74, 6) is 5.53. The number of fused-ring (bicyclic) bond motifs is 1. The van der Waals surface area contributed by atoms with E-state index in [0.717, 1.165) is 0 Å². The fourth-order valence-electron chi connectivity index (χ4n) is 1.90. The zero-order valence-electron chi connectivity index (χ0n) is 8.64. The van der Waals surface area contributed by atoms with Crippen LogP contribution in [-0.4, -0.2) is 24.1 Å². The van der Waals surface area contributed by atoms with Gasteiger partial charge in [-0.3, -0.25) is 10.6 Å². The van der Waals surface area contributed by atoms with Gasteiger partial charge in [-0.15, -0.1) is 0 Å². The Morgan fingerprint density at radius 2 is 2.13 bits per heavy atom. The predicted octanol–water partition coefficient (Wildman–Crippen LogP) is 0.460. The SMILES string of the molecule is COC(=O)C1Cc2ccccc2CN1N. The van der Waals surface area contributed by atoms with Gasteiger partial charge in [-0.2, -0.15) is 0 Å². The Labute approximate surface area is 88.6 Å². The number of benzene rings is 1. The summed E-state index contributed by atoms with van der Waals surface area (Å²) in [7, 11) is 1.39. The highest BCUT2D eigenvalue weighted by Crippen LogP contribution is 2.21. The molecule has 2 N–H and O–H groups in total. The van der Waals surface area contributed by atoms with Crippen molar-refractivity contribution in [3.8, 4) is 0 Å². The molecule has 0 spiro atoms. The molecule has 0 radical (unpaired) electrons. The van der Waals surface area contributed by atoms with E-state index >= 15 is 0 Å². The van der Waals surface area contributed by atoms with Crippen molar-refractivity contribution >= 4 is 5.97 Å². The van der Waals surface area contributed by atoms with E-state index in [0.29, 0.717) is 13.0 Å². The van der Waals surface area contributed by atoms with Crippen LogP contribution in [0.4, 0.5) is 0 Å². The predicted molar refractivity (Wildman–Crippen MR) is 55.7 cm³/mol. The van der Waals surface area contributed by atoms with E-state index < -0.39 is 0 Å². The van der Waals surface area contributed by atoms with Crippen molar-refractivity contribution in [2.75, 3.05) is 7.11 Å². The van der Waals surface area contributed by atoms with Crippen LogP contribution in [0.25, 0.3) is 0 Å². The Hall–Kier alpha value is -1.39. The van der Waals surface area contributed by atoms with E-state index in [4.69, 9.17) is 10.6 Å². The molecule has 1 heterocycles. The second kappa shape index (κ2) is 4.00. The van der Waals surface area contributed by atoms with Crippen molar-refractivity contribution < 1.29 is 9.53 Å². The normalized spacial score (nSPS) is 20.8. The molecule has 1 aromatic rings. The number of carbonyl (C=O) groups excluding carboxylic acids is 1. The highest BCUT2D eigenvalue weighted by Gasteiger charge is 2.29. The van der Waals surface area contributed by atoms with Crippen LogP contribution in [0.5, 0.6) is 0 Å². The Morgan fingerprint density at radius 1 is 1.47 bits per heavy atom. The summed E-state index contributed by atoms with van der Waals surface area (Å²) in [6.07, 6.45) is 0.624. The first kappa shape index (κ1) is 10.1. The Kier molecular flexibility index (Phi) is 2.70. The van der Waals surface area contributed by atoms with Gasteiger partial charge >= 0.3 is 5.97 Å². The summed E-state index contributed by atoms with van der Waals surface area (Å²) in [5.41, 5.74) is 2.36. The van der Waals surface area contributed by atoms with Crippen LogP contribution in [0.2, 0.25) is 0 Å². The molecule has 0 aliphatic carbocycles. The molecular weight excluding hydrogens is 192 g/mol. The monoisotopic (exact) mass is 206 g/mol. The summed E-state index contributed by atoms with van der Waals surface area (Å²) in [4.78, 5) is 11.4. The van der Waals surface area contributed by atoms with Crippen LogP contribution in [-0.2, 0) is 22.5 Å². The maximum atomic E-state index is 11.4. The largest absolute Gasteiger partial charge is 0.468 e. The molecule has 1 aromatic carbocycles. The van der Waals surface area contributed by atoms with Crippen molar-refractivity contribution in [1.29, 1.82) is 0 Å². The topological polar surface area (TPSA) is 55.6 Å². The van der Waals surface area contributed by atoms with Gasteiger partial charge in [-0.25, -0.2) is 5.01 Å². The summed E-state index contributed by atoms with van der Waals surface area (Å²) < 4.78 is 4.71. The quantitative estimate of drug-likeness (QED) is 0.535. The molecule has 0 bridgehead atoms. The standard InChI is InChI=1S/C11H14N2O2/c1-15-11(14)10-6-8-4-2-3-5-9(8)7-13(10)12/h2-5,10H,6-7,12H2,1H3. The van der Waals surface area contributed by atoms with Gasteiger partial charge in [0, 0.05) is 13.0 Å². The minimum Gasteiger partial charge on any atom is -0.468 e. The van der Waals surface area contributed by atoms with Gasteiger partial charge < -0.3 is 4.74 Å². The zero-order chi connectivity index (χ0) is 10.8. The lowest BCUT2D eigenvalue weighted by Crippen LogP contribution is -2.49. The average Bonchev–Trinajstić information content (AvgIpc) is 2.27. The molecule has 1 aliphatic rings. The van der Waals surface area contributed by atoms with Crippen LogP contribution < -0.4 is 5.84 Å². The van der Waals surface area contributed by atoms with Gasteiger partial charge in [0.2, 0.25) is 0 Å². The van der Waals surface area contributed by atoms with E-state index in [1.54, 1.807) is 0 Å². The van der Waals surface area contributed by atoms with Crippen molar-refractivity contribution in [3.05, 3.63) is 35.4 Å². The lowest BCUT2D eigenvalue weighted by atomic mass is 9.95. The van der Waals surface area contributed by atoms with Gasteiger partial charge in [-0.05, 0) is 11.1 Å². The number of nitrogens with two attached hydrogens (primary N) is 1. The number of hydrogen-bond acceptors (Lipinski definition) is 4. The van der Waals surface area contributed by atoms with E-state index in [2.05, 4.69) is 0 Å². The average molecular weight is 206 g/mol. The number of rotatable bonds is 1. The first-order valence-electron chi connectivity index (χ1n) is 4.88. The second-order valence-electron chi connectivity index (χ2n) is 3.68. The number of nitrogens with zero attached hydrogens (tertiary/aromatic N) is 1. The van der Waals surface area contributed by atoms with Crippen molar-refractivity contribution in [2.45, 2.75) is 19.0 Å². The van der Waals surface area contributed by atoms with Crippen LogP contribution >= 0.6 is 0 Å². The number of esters is 1. The molecule has 15 heavy (non-hydrogen) atoms. The number of hydrogen-bond donors (Lipinski definition) is 1. The van der Waals surface area contributed by atoms with Crippen molar-refractivity contribution in [1.82, 2.24) is 5.01 Å².